The second kappa shape index (κ2) is 9.36. The lowest BCUT2D eigenvalue weighted by atomic mass is 9.98. The molecule has 1 fully saturated rings. The van der Waals surface area contributed by atoms with E-state index >= 15 is 0 Å². The highest BCUT2D eigenvalue weighted by Gasteiger charge is 2.18. The average Bonchev–Trinajstić information content (AvgIpc) is 3.66. The SMILES string of the molecule is Cn1nc(-c2cc3c(-c4ccc(F)s4)ccnc3[nH]2)c2cc(-c3cncc(OC4CCCCC4)c3)ccc21. The van der Waals surface area contributed by atoms with Gasteiger partial charge >= 0.3 is 0 Å². The van der Waals surface area contributed by atoms with E-state index in [9.17, 15) is 4.39 Å². The molecular formula is C30H26FN5OS. The van der Waals surface area contributed by atoms with Crippen LogP contribution in [0.2, 0.25) is 0 Å². The van der Waals surface area contributed by atoms with Crippen LogP contribution >= 0.6 is 11.3 Å². The summed E-state index contributed by atoms with van der Waals surface area (Å²) in [5.41, 5.74) is 6.50. The number of H-pyrrole nitrogens is 1. The van der Waals surface area contributed by atoms with E-state index < -0.39 is 0 Å². The van der Waals surface area contributed by atoms with Crippen molar-refractivity contribution in [1.82, 2.24) is 24.7 Å². The third kappa shape index (κ3) is 4.15. The molecule has 5 heterocycles. The molecule has 1 aliphatic rings. The maximum absolute atomic E-state index is 13.8. The molecule has 1 saturated carbocycles. The molecule has 6 aromatic rings. The van der Waals surface area contributed by atoms with Crippen LogP contribution in [0.1, 0.15) is 32.1 Å². The Bertz CT molecular complexity index is 1780. The molecule has 6 nitrogen and oxygen atoms in total. The van der Waals surface area contributed by atoms with Crippen molar-refractivity contribution in [3.8, 4) is 38.7 Å². The summed E-state index contributed by atoms with van der Waals surface area (Å²) in [6, 6.07) is 15.7. The Morgan fingerprint density at radius 3 is 2.71 bits per heavy atom. The molecular weight excluding hydrogens is 497 g/mol. The molecule has 5 aromatic heterocycles. The Morgan fingerprint density at radius 2 is 1.87 bits per heavy atom. The van der Waals surface area contributed by atoms with Crippen LogP contribution in [0.25, 0.3) is 54.9 Å². The number of ether oxygens (including phenoxy) is 1. The van der Waals surface area contributed by atoms with Crippen LogP contribution in [0.5, 0.6) is 5.75 Å². The van der Waals surface area contributed by atoms with Gasteiger partial charge in [0.1, 0.15) is 17.1 Å². The predicted molar refractivity (Wildman–Crippen MR) is 150 cm³/mol. The van der Waals surface area contributed by atoms with E-state index in [-0.39, 0.29) is 11.2 Å². The van der Waals surface area contributed by atoms with Crippen molar-refractivity contribution in [2.24, 2.45) is 7.05 Å². The Kier molecular flexibility index (Phi) is 5.69. The summed E-state index contributed by atoms with van der Waals surface area (Å²) in [5, 5.41) is 6.62. The fraction of sp³-hybridized carbons (Fsp3) is 0.233. The van der Waals surface area contributed by atoms with Gasteiger partial charge < -0.3 is 9.72 Å². The molecule has 0 aliphatic heterocycles. The standard InChI is InChI=1S/C30H26FN5OS/c1-36-26-8-7-18(19-13-21(17-32-16-19)37-20-5-3-2-4-6-20)14-24(26)29(35-36)25-15-23-22(11-12-33-30(23)34-25)27-9-10-28(31)38-27/h7-17,20H,2-6H2,1H3,(H,33,34). The third-order valence-electron chi connectivity index (χ3n) is 7.38. The Balaban J connectivity index is 1.28. The number of nitrogens with zero attached hydrogens (tertiary/aromatic N) is 4. The topological polar surface area (TPSA) is 68.6 Å². The summed E-state index contributed by atoms with van der Waals surface area (Å²) < 4.78 is 21.9. The number of aromatic nitrogens is 5. The van der Waals surface area contributed by atoms with Gasteiger partial charge in [-0.2, -0.15) is 9.49 Å². The molecule has 0 radical (unpaired) electrons. The van der Waals surface area contributed by atoms with Gasteiger partial charge in [0.15, 0.2) is 5.13 Å². The quantitative estimate of drug-likeness (QED) is 0.251. The number of thiophene rings is 1. The first-order valence-electron chi connectivity index (χ1n) is 12.9. The number of fused-ring (bicyclic) bond motifs is 2. The number of rotatable bonds is 5. The van der Waals surface area contributed by atoms with E-state index in [2.05, 4.69) is 45.3 Å². The number of pyridine rings is 2. The lowest BCUT2D eigenvalue weighted by Gasteiger charge is -2.23. The van der Waals surface area contributed by atoms with E-state index in [1.54, 1.807) is 12.4 Å². The van der Waals surface area contributed by atoms with Crippen molar-refractivity contribution in [3.05, 3.63) is 72.3 Å². The van der Waals surface area contributed by atoms with Gasteiger partial charge in [-0.1, -0.05) is 12.5 Å². The molecule has 8 heteroatoms. The molecule has 0 amide bonds. The minimum absolute atomic E-state index is 0.202. The zero-order chi connectivity index (χ0) is 25.6. The van der Waals surface area contributed by atoms with Crippen molar-refractivity contribution in [1.29, 1.82) is 0 Å². The predicted octanol–water partition coefficient (Wildman–Crippen LogP) is 7.76. The molecule has 1 aromatic carbocycles. The fourth-order valence-electron chi connectivity index (χ4n) is 5.49. The monoisotopic (exact) mass is 523 g/mol. The molecule has 0 bridgehead atoms. The van der Waals surface area contributed by atoms with Crippen LogP contribution in [-0.4, -0.2) is 30.8 Å². The number of aromatic amines is 1. The Morgan fingerprint density at radius 1 is 0.974 bits per heavy atom. The van der Waals surface area contributed by atoms with Crippen LogP contribution in [0.4, 0.5) is 4.39 Å². The van der Waals surface area contributed by atoms with Crippen LogP contribution in [0.15, 0.2) is 67.1 Å². The maximum atomic E-state index is 13.8. The first-order chi connectivity index (χ1) is 18.6. The van der Waals surface area contributed by atoms with Crippen molar-refractivity contribution in [3.63, 3.8) is 0 Å². The van der Waals surface area contributed by atoms with Gasteiger partial charge in [0.2, 0.25) is 0 Å². The summed E-state index contributed by atoms with van der Waals surface area (Å²) in [7, 11) is 1.95. The Hall–Kier alpha value is -4.04. The van der Waals surface area contributed by atoms with Crippen LogP contribution in [-0.2, 0) is 7.05 Å². The van der Waals surface area contributed by atoms with Crippen molar-refractivity contribution in [2.75, 3.05) is 0 Å². The number of benzene rings is 1. The van der Waals surface area contributed by atoms with Gasteiger partial charge in [-0.25, -0.2) is 4.98 Å². The number of hydrogen-bond acceptors (Lipinski definition) is 5. The molecule has 0 unspecified atom stereocenters. The van der Waals surface area contributed by atoms with Gasteiger partial charge in [-0.05, 0) is 73.7 Å². The second-order valence-electron chi connectivity index (χ2n) is 9.90. The highest BCUT2D eigenvalue weighted by atomic mass is 32.1. The lowest BCUT2D eigenvalue weighted by Crippen LogP contribution is -2.19. The molecule has 0 saturated heterocycles. The minimum Gasteiger partial charge on any atom is -0.489 e. The minimum atomic E-state index is -0.202. The van der Waals surface area contributed by atoms with Crippen LogP contribution in [0, 0.1) is 5.13 Å². The molecule has 1 aliphatic carbocycles. The average molecular weight is 524 g/mol. The van der Waals surface area contributed by atoms with E-state index in [0.717, 1.165) is 84.8 Å². The molecule has 0 atom stereocenters. The molecule has 0 spiro atoms. The fourth-order valence-corrected chi connectivity index (χ4v) is 6.26. The molecule has 7 rings (SSSR count). The molecule has 38 heavy (non-hydrogen) atoms. The maximum Gasteiger partial charge on any atom is 0.176 e. The van der Waals surface area contributed by atoms with E-state index in [0.29, 0.717) is 0 Å². The van der Waals surface area contributed by atoms with Crippen LogP contribution in [0.3, 0.4) is 0 Å². The van der Waals surface area contributed by atoms with E-state index in [1.807, 2.05) is 30.1 Å². The summed E-state index contributed by atoms with van der Waals surface area (Å²) in [6.45, 7) is 0. The first-order valence-corrected chi connectivity index (χ1v) is 13.8. The normalized spacial score (nSPS) is 14.5. The molecule has 190 valence electrons. The van der Waals surface area contributed by atoms with Gasteiger partial charge in [0, 0.05) is 46.2 Å². The summed E-state index contributed by atoms with van der Waals surface area (Å²) in [6.07, 6.45) is 11.7. The smallest absolute Gasteiger partial charge is 0.176 e. The van der Waals surface area contributed by atoms with E-state index in [4.69, 9.17) is 9.84 Å². The lowest BCUT2D eigenvalue weighted by molar-refractivity contribution is 0.154. The number of aryl methyl sites for hydroxylation is 1. The summed E-state index contributed by atoms with van der Waals surface area (Å²) in [4.78, 5) is 13.3. The van der Waals surface area contributed by atoms with Crippen LogP contribution < -0.4 is 4.74 Å². The van der Waals surface area contributed by atoms with Crippen molar-refractivity contribution >= 4 is 33.3 Å². The number of halogens is 1. The van der Waals surface area contributed by atoms with Gasteiger partial charge in [-0.3, -0.25) is 9.67 Å². The Labute approximate surface area is 223 Å². The van der Waals surface area contributed by atoms with Gasteiger partial charge in [-0.15, -0.1) is 11.3 Å². The highest BCUT2D eigenvalue weighted by molar-refractivity contribution is 7.14. The number of hydrogen-bond donors (Lipinski definition) is 1. The zero-order valence-corrected chi connectivity index (χ0v) is 21.8. The number of nitrogens with one attached hydrogen (secondary N) is 1. The highest BCUT2D eigenvalue weighted by Crippen LogP contribution is 2.37. The van der Waals surface area contributed by atoms with Gasteiger partial charge in [0.25, 0.3) is 0 Å². The third-order valence-corrected chi connectivity index (χ3v) is 8.28. The summed E-state index contributed by atoms with van der Waals surface area (Å²) in [5.74, 6) is 0.820. The summed E-state index contributed by atoms with van der Waals surface area (Å²) >= 11 is 1.13. The van der Waals surface area contributed by atoms with E-state index in [1.165, 1.54) is 25.3 Å². The zero-order valence-electron chi connectivity index (χ0n) is 20.9. The van der Waals surface area contributed by atoms with Crippen molar-refractivity contribution < 1.29 is 9.13 Å². The second-order valence-corrected chi connectivity index (χ2v) is 10.9. The van der Waals surface area contributed by atoms with Crippen molar-refractivity contribution in [2.45, 2.75) is 38.2 Å². The largest absolute Gasteiger partial charge is 0.489 e. The molecule has 1 N–H and O–H groups in total. The van der Waals surface area contributed by atoms with Gasteiger partial charge in [0.05, 0.1) is 23.5 Å². The first kappa shape index (κ1) is 23.1.